The van der Waals surface area contributed by atoms with Crippen LogP contribution in [0.25, 0.3) is 0 Å². The summed E-state index contributed by atoms with van der Waals surface area (Å²) in [4.78, 5) is 0. The first-order valence-corrected chi connectivity index (χ1v) is 3.57. The summed E-state index contributed by atoms with van der Waals surface area (Å²) < 4.78 is 3.09. The molecule has 0 aliphatic heterocycles. The summed E-state index contributed by atoms with van der Waals surface area (Å²) in [5.74, 6) is 0. The van der Waals surface area contributed by atoms with Crippen LogP contribution in [-0.4, -0.2) is 3.59 Å². The average Bonchev–Trinajstić information content (AvgIpc) is 1.87. The van der Waals surface area contributed by atoms with Crippen molar-refractivity contribution in [2.75, 3.05) is 0 Å². The predicted octanol–water partition coefficient (Wildman–Crippen LogP) is 2.25. The molecule has 0 radical (unpaired) electrons. The van der Waals surface area contributed by atoms with Gasteiger partial charge >= 0.3 is 0 Å². The Morgan fingerprint density at radius 3 is 2.57 bits per heavy atom. The Morgan fingerprint density at radius 2 is 2.43 bits per heavy atom. The molecule has 1 aromatic heterocycles. The molecule has 3 heteroatoms. The smallest absolute Gasteiger partial charge is 0.0539 e. The van der Waals surface area contributed by atoms with Crippen molar-refractivity contribution in [1.82, 2.24) is 3.59 Å². The molecule has 0 aliphatic carbocycles. The molecule has 0 aromatic carbocycles. The van der Waals surface area contributed by atoms with Crippen molar-refractivity contribution in [2.45, 2.75) is 0 Å². The molecule has 0 N–H and O–H groups in total. The van der Waals surface area contributed by atoms with Gasteiger partial charge in [0.15, 0.2) is 0 Å². The second-order valence-electron chi connectivity index (χ2n) is 1.17. The Labute approximate surface area is 64.2 Å². The third-order valence-corrected chi connectivity index (χ3v) is 1.70. The Kier molecular flexibility index (Phi) is 1.74. The number of rotatable bonds is 0. The number of nitrogens with zero attached hydrogens (tertiary/aromatic N) is 1. The lowest BCUT2D eigenvalue weighted by Crippen LogP contribution is -1.63. The van der Waals surface area contributed by atoms with Gasteiger partial charge in [0.1, 0.15) is 0 Å². The molecular weight excluding hydrogens is 269 g/mol. The van der Waals surface area contributed by atoms with Gasteiger partial charge in [-0.3, -0.25) is 3.59 Å². The highest BCUT2D eigenvalue weighted by atomic mass is 127. The highest BCUT2D eigenvalue weighted by Crippen LogP contribution is 2.05. The number of halogens is 2. The van der Waals surface area contributed by atoms with E-state index in [4.69, 9.17) is 0 Å². The second-order valence-corrected chi connectivity index (χ2v) is 3.24. The van der Waals surface area contributed by atoms with Crippen LogP contribution >= 0.6 is 38.7 Å². The van der Waals surface area contributed by atoms with E-state index in [1.54, 1.807) is 0 Å². The minimum atomic E-state index is 1.24. The molecule has 0 bridgehead atoms. The highest BCUT2D eigenvalue weighted by Gasteiger charge is 1.83. The zero-order chi connectivity index (χ0) is 5.28. The van der Waals surface area contributed by atoms with Crippen molar-refractivity contribution < 1.29 is 0 Å². The van der Waals surface area contributed by atoms with Gasteiger partial charge in [-0.05, 0) is 28.7 Å². The third kappa shape index (κ3) is 1.45. The largest absolute Gasteiger partial charge is 0.291 e. The van der Waals surface area contributed by atoms with Gasteiger partial charge < -0.3 is 0 Å². The zero-order valence-electron chi connectivity index (χ0n) is 3.44. The van der Waals surface area contributed by atoms with Gasteiger partial charge in [0, 0.05) is 16.0 Å². The van der Waals surface area contributed by atoms with Gasteiger partial charge in [0.25, 0.3) is 0 Å². The quantitative estimate of drug-likeness (QED) is 0.638. The molecule has 1 heterocycles. The minimum Gasteiger partial charge on any atom is -0.291 e. The fraction of sp³-hybridized carbons (Fsp3) is 0. The molecule has 0 saturated carbocycles. The van der Waals surface area contributed by atoms with Crippen LogP contribution in [0.3, 0.4) is 0 Å². The summed E-state index contributed by atoms with van der Waals surface area (Å²) in [6.07, 6.45) is 3.93. The molecule has 1 nitrogen and oxygen atoms in total. The standard InChI is InChI=1S/C4H3BrIN/c5-7-2-1-4(6)3-7/h1-3H. The van der Waals surface area contributed by atoms with E-state index in [0.717, 1.165) is 0 Å². The molecule has 1 aromatic rings. The zero-order valence-corrected chi connectivity index (χ0v) is 7.18. The predicted molar refractivity (Wildman–Crippen MR) is 41.5 cm³/mol. The van der Waals surface area contributed by atoms with Gasteiger partial charge in [0.2, 0.25) is 0 Å². The summed E-state index contributed by atoms with van der Waals surface area (Å²) >= 11 is 5.49. The highest BCUT2D eigenvalue weighted by molar-refractivity contribution is 14.1. The van der Waals surface area contributed by atoms with Crippen LogP contribution in [-0.2, 0) is 0 Å². The number of hydrogen-bond donors (Lipinski definition) is 0. The molecule has 0 atom stereocenters. The van der Waals surface area contributed by atoms with Gasteiger partial charge in [-0.15, -0.1) is 0 Å². The Morgan fingerprint density at radius 1 is 1.71 bits per heavy atom. The Balaban J connectivity index is 3.04. The second kappa shape index (κ2) is 2.17. The van der Waals surface area contributed by atoms with E-state index in [0.29, 0.717) is 0 Å². The lowest BCUT2D eigenvalue weighted by molar-refractivity contribution is 1.32. The van der Waals surface area contributed by atoms with E-state index in [9.17, 15) is 0 Å². The normalized spacial score (nSPS) is 9.43. The average molecular weight is 272 g/mol. The molecule has 38 valence electrons. The van der Waals surface area contributed by atoms with Crippen molar-refractivity contribution in [2.24, 2.45) is 0 Å². The van der Waals surface area contributed by atoms with Gasteiger partial charge in [-0.1, -0.05) is 0 Å². The fourth-order valence-corrected chi connectivity index (χ4v) is 1.53. The maximum absolute atomic E-state index is 3.24. The van der Waals surface area contributed by atoms with Gasteiger partial charge in [-0.2, -0.15) is 0 Å². The summed E-state index contributed by atoms with van der Waals surface area (Å²) in [7, 11) is 0. The maximum Gasteiger partial charge on any atom is 0.0539 e. The van der Waals surface area contributed by atoms with Crippen LogP contribution in [0.5, 0.6) is 0 Å². The molecule has 0 saturated heterocycles. The lowest BCUT2D eigenvalue weighted by atomic mass is 10.7. The van der Waals surface area contributed by atoms with Crippen molar-refractivity contribution in [3.05, 3.63) is 22.0 Å². The Hall–Kier alpha value is 0.490. The summed E-state index contributed by atoms with van der Waals surface area (Å²) in [6.45, 7) is 0. The monoisotopic (exact) mass is 271 g/mol. The van der Waals surface area contributed by atoms with Crippen LogP contribution in [0.1, 0.15) is 0 Å². The first-order valence-electron chi connectivity index (χ1n) is 1.79. The molecule has 0 amide bonds. The SMILES string of the molecule is Brn1ccc(I)c1. The maximum atomic E-state index is 3.24. The van der Waals surface area contributed by atoms with Crippen LogP contribution < -0.4 is 0 Å². The van der Waals surface area contributed by atoms with E-state index in [1.165, 1.54) is 3.57 Å². The van der Waals surface area contributed by atoms with Gasteiger partial charge in [0.05, 0.1) is 16.1 Å². The molecule has 0 unspecified atom stereocenters. The third-order valence-electron chi connectivity index (χ3n) is 0.623. The molecular formula is C4H3BrIN. The van der Waals surface area contributed by atoms with Crippen molar-refractivity contribution in [3.8, 4) is 0 Å². The summed E-state index contributed by atoms with van der Waals surface area (Å²) in [6, 6.07) is 2.02. The Bertz CT molecular complexity index is 144. The van der Waals surface area contributed by atoms with Crippen LogP contribution in [0.15, 0.2) is 18.5 Å². The fourth-order valence-electron chi connectivity index (χ4n) is 0.346. The summed E-state index contributed by atoms with van der Waals surface area (Å²) in [5, 5.41) is 0. The minimum absolute atomic E-state index is 1.24. The van der Waals surface area contributed by atoms with Gasteiger partial charge in [-0.25, -0.2) is 0 Å². The van der Waals surface area contributed by atoms with Crippen molar-refractivity contribution >= 4 is 38.7 Å². The molecule has 0 fully saturated rings. The lowest BCUT2D eigenvalue weighted by Gasteiger charge is -1.76. The number of hydrogen-bond acceptors (Lipinski definition) is 0. The van der Waals surface area contributed by atoms with Crippen LogP contribution in [0, 0.1) is 3.57 Å². The van der Waals surface area contributed by atoms with E-state index in [-0.39, 0.29) is 0 Å². The molecule has 0 spiro atoms. The first kappa shape index (κ1) is 5.62. The number of aromatic nitrogens is 1. The molecule has 1 rings (SSSR count). The van der Waals surface area contributed by atoms with Crippen LogP contribution in [0.2, 0.25) is 0 Å². The van der Waals surface area contributed by atoms with E-state index < -0.39 is 0 Å². The molecule has 0 aliphatic rings. The van der Waals surface area contributed by atoms with Crippen LogP contribution in [0.4, 0.5) is 0 Å². The molecule has 7 heavy (non-hydrogen) atoms. The van der Waals surface area contributed by atoms with Crippen molar-refractivity contribution in [1.29, 1.82) is 0 Å². The summed E-state index contributed by atoms with van der Waals surface area (Å²) in [5.41, 5.74) is 0. The van der Waals surface area contributed by atoms with E-state index in [2.05, 4.69) is 38.7 Å². The van der Waals surface area contributed by atoms with E-state index in [1.807, 2.05) is 22.1 Å². The first-order chi connectivity index (χ1) is 3.29. The topological polar surface area (TPSA) is 4.93 Å². The van der Waals surface area contributed by atoms with Crippen molar-refractivity contribution in [3.63, 3.8) is 0 Å². The van der Waals surface area contributed by atoms with E-state index >= 15 is 0 Å².